The van der Waals surface area contributed by atoms with Crippen molar-refractivity contribution in [3.05, 3.63) is 22.4 Å². The SMILES string of the molecule is CCCC(C)NCC(C)OCc1cccs1. The van der Waals surface area contributed by atoms with Gasteiger partial charge in [-0.1, -0.05) is 19.4 Å². The molecule has 0 aliphatic heterocycles. The van der Waals surface area contributed by atoms with Crippen molar-refractivity contribution in [3.8, 4) is 0 Å². The maximum Gasteiger partial charge on any atom is 0.0813 e. The Hall–Kier alpha value is -0.380. The summed E-state index contributed by atoms with van der Waals surface area (Å²) in [7, 11) is 0. The summed E-state index contributed by atoms with van der Waals surface area (Å²) in [5, 5.41) is 5.58. The minimum absolute atomic E-state index is 0.279. The average molecular weight is 241 g/mol. The van der Waals surface area contributed by atoms with Crippen LogP contribution in [0.15, 0.2) is 17.5 Å². The third-order valence-electron chi connectivity index (χ3n) is 2.57. The summed E-state index contributed by atoms with van der Waals surface area (Å²) in [5.41, 5.74) is 0. The van der Waals surface area contributed by atoms with E-state index < -0.39 is 0 Å². The number of ether oxygens (including phenoxy) is 1. The number of nitrogens with one attached hydrogen (secondary N) is 1. The van der Waals surface area contributed by atoms with Gasteiger partial charge in [0.25, 0.3) is 0 Å². The first-order chi connectivity index (χ1) is 7.72. The lowest BCUT2D eigenvalue weighted by atomic mass is 10.2. The molecule has 0 saturated carbocycles. The lowest BCUT2D eigenvalue weighted by molar-refractivity contribution is 0.0531. The van der Waals surface area contributed by atoms with Gasteiger partial charge >= 0.3 is 0 Å². The fourth-order valence-electron chi connectivity index (χ4n) is 1.58. The molecule has 1 heterocycles. The third kappa shape index (κ3) is 5.64. The molecule has 0 radical (unpaired) electrons. The van der Waals surface area contributed by atoms with Crippen LogP contribution < -0.4 is 5.32 Å². The average Bonchev–Trinajstić information content (AvgIpc) is 2.77. The highest BCUT2D eigenvalue weighted by molar-refractivity contribution is 7.09. The number of hydrogen-bond donors (Lipinski definition) is 1. The minimum Gasteiger partial charge on any atom is -0.372 e. The lowest BCUT2D eigenvalue weighted by Crippen LogP contribution is -2.33. The Morgan fingerprint density at radius 1 is 1.44 bits per heavy atom. The number of thiophene rings is 1. The van der Waals surface area contributed by atoms with Gasteiger partial charge in [0.1, 0.15) is 0 Å². The van der Waals surface area contributed by atoms with Gasteiger partial charge in [0.2, 0.25) is 0 Å². The Labute approximate surface area is 103 Å². The summed E-state index contributed by atoms with van der Waals surface area (Å²) >= 11 is 1.75. The van der Waals surface area contributed by atoms with E-state index in [4.69, 9.17) is 4.74 Å². The first kappa shape index (κ1) is 13.7. The molecule has 1 N–H and O–H groups in total. The van der Waals surface area contributed by atoms with Gasteiger partial charge in [-0.05, 0) is 31.7 Å². The molecule has 0 aliphatic rings. The van der Waals surface area contributed by atoms with E-state index in [9.17, 15) is 0 Å². The predicted octanol–water partition coefficient (Wildman–Crippen LogP) is 3.43. The molecular formula is C13H23NOS. The van der Waals surface area contributed by atoms with Crippen molar-refractivity contribution >= 4 is 11.3 Å². The summed E-state index contributed by atoms with van der Waals surface area (Å²) in [6, 6.07) is 4.78. The van der Waals surface area contributed by atoms with E-state index in [0.717, 1.165) is 13.2 Å². The van der Waals surface area contributed by atoms with Crippen LogP contribution in [0.3, 0.4) is 0 Å². The Morgan fingerprint density at radius 2 is 2.25 bits per heavy atom. The Kier molecular flexibility index (Phi) is 6.69. The Morgan fingerprint density at radius 3 is 2.88 bits per heavy atom. The third-order valence-corrected chi connectivity index (χ3v) is 3.42. The molecule has 2 atom stereocenters. The second-order valence-electron chi connectivity index (χ2n) is 4.30. The fourth-order valence-corrected chi connectivity index (χ4v) is 2.21. The maximum absolute atomic E-state index is 5.76. The monoisotopic (exact) mass is 241 g/mol. The molecular weight excluding hydrogens is 218 g/mol. The number of hydrogen-bond acceptors (Lipinski definition) is 3. The molecule has 3 heteroatoms. The van der Waals surface area contributed by atoms with Crippen molar-refractivity contribution in [1.29, 1.82) is 0 Å². The van der Waals surface area contributed by atoms with E-state index in [0.29, 0.717) is 6.04 Å². The Bertz CT molecular complexity index is 261. The van der Waals surface area contributed by atoms with Crippen molar-refractivity contribution in [2.24, 2.45) is 0 Å². The van der Waals surface area contributed by atoms with Gasteiger partial charge < -0.3 is 10.1 Å². The van der Waals surface area contributed by atoms with Gasteiger partial charge in [0, 0.05) is 17.5 Å². The van der Waals surface area contributed by atoms with E-state index >= 15 is 0 Å². The van der Waals surface area contributed by atoms with Gasteiger partial charge in [0.15, 0.2) is 0 Å². The van der Waals surface area contributed by atoms with Crippen LogP contribution in [0, 0.1) is 0 Å². The first-order valence-electron chi connectivity index (χ1n) is 6.09. The van der Waals surface area contributed by atoms with Crippen LogP contribution in [0.4, 0.5) is 0 Å². The highest BCUT2D eigenvalue weighted by Gasteiger charge is 2.05. The van der Waals surface area contributed by atoms with Crippen LogP contribution in [-0.4, -0.2) is 18.7 Å². The molecule has 0 aliphatic carbocycles. The van der Waals surface area contributed by atoms with Crippen molar-refractivity contribution in [1.82, 2.24) is 5.32 Å². The highest BCUT2D eigenvalue weighted by atomic mass is 32.1. The van der Waals surface area contributed by atoms with E-state index in [1.165, 1.54) is 17.7 Å². The standard InChI is InChI=1S/C13H23NOS/c1-4-6-11(2)14-9-12(3)15-10-13-7-5-8-16-13/h5,7-8,11-12,14H,4,6,9-10H2,1-3H3. The summed E-state index contributed by atoms with van der Waals surface area (Å²) in [6.45, 7) is 8.25. The van der Waals surface area contributed by atoms with Crippen LogP contribution in [0.1, 0.15) is 38.5 Å². The van der Waals surface area contributed by atoms with E-state index in [1.54, 1.807) is 11.3 Å². The highest BCUT2D eigenvalue weighted by Crippen LogP contribution is 2.10. The summed E-state index contributed by atoms with van der Waals surface area (Å²) < 4.78 is 5.76. The fraction of sp³-hybridized carbons (Fsp3) is 0.692. The van der Waals surface area contributed by atoms with Crippen molar-refractivity contribution < 1.29 is 4.74 Å². The number of rotatable bonds is 8. The quantitative estimate of drug-likeness (QED) is 0.753. The molecule has 0 aromatic carbocycles. The molecule has 92 valence electrons. The predicted molar refractivity (Wildman–Crippen MR) is 70.9 cm³/mol. The molecule has 0 fully saturated rings. The molecule has 0 spiro atoms. The van der Waals surface area contributed by atoms with E-state index in [2.05, 4.69) is 43.6 Å². The summed E-state index contributed by atoms with van der Waals surface area (Å²) in [5.74, 6) is 0. The molecule has 2 nitrogen and oxygen atoms in total. The van der Waals surface area contributed by atoms with Gasteiger partial charge in [-0.3, -0.25) is 0 Å². The molecule has 0 saturated heterocycles. The largest absolute Gasteiger partial charge is 0.372 e. The molecule has 1 rings (SSSR count). The smallest absolute Gasteiger partial charge is 0.0813 e. The minimum atomic E-state index is 0.279. The molecule has 0 amide bonds. The van der Waals surface area contributed by atoms with Crippen molar-refractivity contribution in [2.75, 3.05) is 6.54 Å². The van der Waals surface area contributed by atoms with Gasteiger partial charge in [-0.25, -0.2) is 0 Å². The van der Waals surface area contributed by atoms with Crippen LogP contribution in [0.2, 0.25) is 0 Å². The maximum atomic E-state index is 5.76. The topological polar surface area (TPSA) is 21.3 Å². The first-order valence-corrected chi connectivity index (χ1v) is 6.97. The van der Waals surface area contributed by atoms with Gasteiger partial charge in [-0.2, -0.15) is 0 Å². The summed E-state index contributed by atoms with van der Waals surface area (Å²) in [6.07, 6.45) is 2.75. The normalized spacial score (nSPS) is 14.9. The van der Waals surface area contributed by atoms with Gasteiger partial charge in [0.05, 0.1) is 12.7 Å². The van der Waals surface area contributed by atoms with Crippen molar-refractivity contribution in [3.63, 3.8) is 0 Å². The van der Waals surface area contributed by atoms with Crippen molar-refractivity contribution in [2.45, 2.75) is 52.4 Å². The molecule has 1 aromatic rings. The van der Waals surface area contributed by atoms with E-state index in [-0.39, 0.29) is 6.10 Å². The second-order valence-corrected chi connectivity index (χ2v) is 5.33. The molecule has 1 aromatic heterocycles. The molecule has 16 heavy (non-hydrogen) atoms. The molecule has 0 bridgehead atoms. The van der Waals surface area contributed by atoms with Gasteiger partial charge in [-0.15, -0.1) is 11.3 Å². The van der Waals surface area contributed by atoms with Crippen LogP contribution in [0.25, 0.3) is 0 Å². The molecule has 2 unspecified atom stereocenters. The zero-order valence-corrected chi connectivity index (χ0v) is 11.3. The lowest BCUT2D eigenvalue weighted by Gasteiger charge is -2.17. The zero-order chi connectivity index (χ0) is 11.8. The van der Waals surface area contributed by atoms with E-state index in [1.807, 2.05) is 0 Å². The van der Waals surface area contributed by atoms with Crippen LogP contribution in [-0.2, 0) is 11.3 Å². The second kappa shape index (κ2) is 7.82. The Balaban J connectivity index is 2.09. The van der Waals surface area contributed by atoms with Crippen LogP contribution in [0.5, 0.6) is 0 Å². The van der Waals surface area contributed by atoms with Crippen LogP contribution >= 0.6 is 11.3 Å². The zero-order valence-electron chi connectivity index (χ0n) is 10.5. The summed E-state index contributed by atoms with van der Waals surface area (Å²) in [4.78, 5) is 1.30.